The highest BCUT2D eigenvalue weighted by Gasteiger charge is 2.19. The fourth-order valence-corrected chi connectivity index (χ4v) is 1.01. The van der Waals surface area contributed by atoms with Crippen molar-refractivity contribution in [2.45, 2.75) is 13.0 Å². The largest absolute Gasteiger partial charge is 0.336 e. The molecule has 5 heteroatoms. The average molecular weight is 200 g/mol. The predicted octanol–water partition coefficient (Wildman–Crippen LogP) is 1.31. The summed E-state index contributed by atoms with van der Waals surface area (Å²) in [6.07, 6.45) is 0.171. The zero-order valence-electron chi connectivity index (χ0n) is 7.65. The van der Waals surface area contributed by atoms with Crippen LogP contribution in [0.4, 0.5) is 8.78 Å². The molecule has 0 N–H and O–H groups in total. The molecule has 0 spiro atoms. The molecule has 0 saturated carbocycles. The summed E-state index contributed by atoms with van der Waals surface area (Å²) in [5, 5.41) is 0. The highest BCUT2D eigenvalue weighted by molar-refractivity contribution is 5.78. The van der Waals surface area contributed by atoms with Gasteiger partial charge in [0.05, 0.1) is 0 Å². The normalized spacial score (nSPS) is 10.3. The first kappa shape index (κ1) is 10.6. The molecule has 1 aromatic heterocycles. The number of carbonyl (C=O) groups excluding carboxylic acids is 1. The van der Waals surface area contributed by atoms with Crippen molar-refractivity contribution < 1.29 is 13.6 Å². The van der Waals surface area contributed by atoms with Crippen LogP contribution in [0, 0.1) is 0 Å². The van der Waals surface area contributed by atoms with Crippen LogP contribution in [0.3, 0.4) is 0 Å². The summed E-state index contributed by atoms with van der Waals surface area (Å²) in [6.45, 7) is 0.150. The van der Waals surface area contributed by atoms with Crippen LogP contribution in [0.5, 0.6) is 0 Å². The molecule has 3 nitrogen and oxygen atoms in total. The fourth-order valence-electron chi connectivity index (χ4n) is 1.01. The van der Waals surface area contributed by atoms with E-state index in [1.54, 1.807) is 18.3 Å². The van der Waals surface area contributed by atoms with E-state index in [1.807, 2.05) is 0 Å². The number of hydrogen-bond acceptors (Lipinski definition) is 2. The number of nitrogens with zero attached hydrogens (tertiary/aromatic N) is 2. The molecular formula is C9H10F2N2O. The summed E-state index contributed by atoms with van der Waals surface area (Å²) < 4.78 is 23.9. The van der Waals surface area contributed by atoms with Crippen LogP contribution in [-0.2, 0) is 11.3 Å². The van der Waals surface area contributed by atoms with E-state index in [-0.39, 0.29) is 6.54 Å². The molecule has 0 aliphatic carbocycles. The number of halogens is 2. The Morgan fingerprint density at radius 2 is 2.36 bits per heavy atom. The van der Waals surface area contributed by atoms with Gasteiger partial charge in [-0.25, -0.2) is 0 Å². The second-order valence-electron chi connectivity index (χ2n) is 2.86. The van der Waals surface area contributed by atoms with Gasteiger partial charge in [0.1, 0.15) is 0 Å². The Hall–Kier alpha value is -1.52. The third-order valence-corrected chi connectivity index (χ3v) is 1.71. The number of carbonyl (C=O) groups is 1. The lowest BCUT2D eigenvalue weighted by Crippen LogP contribution is -2.31. The first-order valence-corrected chi connectivity index (χ1v) is 4.03. The van der Waals surface area contributed by atoms with Crippen molar-refractivity contribution in [1.82, 2.24) is 9.88 Å². The van der Waals surface area contributed by atoms with E-state index in [9.17, 15) is 13.6 Å². The minimum Gasteiger partial charge on any atom is -0.336 e. The molecule has 0 radical (unpaired) electrons. The number of amides is 1. The van der Waals surface area contributed by atoms with Crippen molar-refractivity contribution in [3.05, 3.63) is 30.1 Å². The molecule has 0 aliphatic rings. The summed E-state index contributed by atoms with van der Waals surface area (Å²) >= 11 is 0. The lowest BCUT2D eigenvalue weighted by molar-refractivity contribution is -0.141. The van der Waals surface area contributed by atoms with Gasteiger partial charge >= 0.3 is 6.43 Å². The second-order valence-corrected chi connectivity index (χ2v) is 2.86. The summed E-state index contributed by atoms with van der Waals surface area (Å²) in [5.74, 6) is -1.17. The number of pyridine rings is 1. The van der Waals surface area contributed by atoms with Gasteiger partial charge in [-0.3, -0.25) is 9.78 Å². The molecule has 0 bridgehead atoms. The van der Waals surface area contributed by atoms with Gasteiger partial charge in [-0.2, -0.15) is 8.78 Å². The standard InChI is InChI=1S/C9H10F2N2O/c1-13(9(14)8(10)11)6-7-3-2-4-12-5-7/h2-5,8H,6H2,1H3. The van der Waals surface area contributed by atoms with E-state index >= 15 is 0 Å². The molecule has 14 heavy (non-hydrogen) atoms. The van der Waals surface area contributed by atoms with Gasteiger partial charge in [-0.05, 0) is 11.6 Å². The van der Waals surface area contributed by atoms with E-state index in [0.29, 0.717) is 0 Å². The third-order valence-electron chi connectivity index (χ3n) is 1.71. The van der Waals surface area contributed by atoms with Gasteiger partial charge in [0.15, 0.2) is 0 Å². The minimum atomic E-state index is -2.95. The molecule has 0 fully saturated rings. The third kappa shape index (κ3) is 2.76. The van der Waals surface area contributed by atoms with E-state index in [2.05, 4.69) is 4.98 Å². The van der Waals surface area contributed by atoms with Crippen LogP contribution in [0.25, 0.3) is 0 Å². The molecule has 1 heterocycles. The minimum absolute atomic E-state index is 0.150. The molecule has 0 saturated heterocycles. The molecule has 1 rings (SSSR count). The van der Waals surface area contributed by atoms with Crippen molar-refractivity contribution in [1.29, 1.82) is 0 Å². The van der Waals surface area contributed by atoms with Gasteiger partial charge in [-0.1, -0.05) is 6.07 Å². The Balaban J connectivity index is 2.57. The molecule has 1 amide bonds. The summed E-state index contributed by atoms with van der Waals surface area (Å²) in [5.41, 5.74) is 0.726. The van der Waals surface area contributed by atoms with Crippen LogP contribution < -0.4 is 0 Å². The number of hydrogen-bond donors (Lipinski definition) is 0. The van der Waals surface area contributed by atoms with E-state index in [1.165, 1.54) is 13.2 Å². The van der Waals surface area contributed by atoms with Gasteiger partial charge in [0.25, 0.3) is 5.91 Å². The zero-order valence-corrected chi connectivity index (χ0v) is 7.65. The highest BCUT2D eigenvalue weighted by atomic mass is 19.3. The van der Waals surface area contributed by atoms with Crippen molar-refractivity contribution in [3.63, 3.8) is 0 Å². The Kier molecular flexibility index (Phi) is 3.50. The van der Waals surface area contributed by atoms with Crippen molar-refractivity contribution in [2.24, 2.45) is 0 Å². The van der Waals surface area contributed by atoms with Crippen LogP contribution in [0.2, 0.25) is 0 Å². The van der Waals surface area contributed by atoms with Crippen LogP contribution >= 0.6 is 0 Å². The number of rotatable bonds is 3. The first-order valence-electron chi connectivity index (χ1n) is 4.03. The van der Waals surface area contributed by atoms with Crippen LogP contribution in [0.1, 0.15) is 5.56 Å². The van der Waals surface area contributed by atoms with Crippen molar-refractivity contribution >= 4 is 5.91 Å². The molecule has 0 aromatic carbocycles. The Bertz CT molecular complexity index is 303. The molecule has 0 aliphatic heterocycles. The zero-order chi connectivity index (χ0) is 10.6. The molecule has 0 unspecified atom stereocenters. The molecule has 1 aromatic rings. The Morgan fingerprint density at radius 3 is 2.86 bits per heavy atom. The van der Waals surface area contributed by atoms with Gasteiger partial charge in [-0.15, -0.1) is 0 Å². The monoisotopic (exact) mass is 200 g/mol. The van der Waals surface area contributed by atoms with Crippen molar-refractivity contribution in [3.8, 4) is 0 Å². The topological polar surface area (TPSA) is 33.2 Å². The maximum absolute atomic E-state index is 12.0. The SMILES string of the molecule is CN(Cc1cccnc1)C(=O)C(F)F. The maximum atomic E-state index is 12.0. The fraction of sp³-hybridized carbons (Fsp3) is 0.333. The first-order chi connectivity index (χ1) is 6.61. The highest BCUT2D eigenvalue weighted by Crippen LogP contribution is 2.04. The smallest absolute Gasteiger partial charge is 0.315 e. The van der Waals surface area contributed by atoms with Crippen LogP contribution in [-0.4, -0.2) is 29.3 Å². The van der Waals surface area contributed by atoms with Crippen LogP contribution in [0.15, 0.2) is 24.5 Å². The van der Waals surface area contributed by atoms with E-state index < -0.39 is 12.3 Å². The van der Waals surface area contributed by atoms with Gasteiger partial charge < -0.3 is 4.90 Å². The second kappa shape index (κ2) is 4.64. The average Bonchev–Trinajstić information content (AvgIpc) is 2.18. The van der Waals surface area contributed by atoms with Gasteiger partial charge in [0.2, 0.25) is 0 Å². The lowest BCUT2D eigenvalue weighted by atomic mass is 10.3. The van der Waals surface area contributed by atoms with Gasteiger partial charge in [0, 0.05) is 26.0 Å². The molecular weight excluding hydrogens is 190 g/mol. The quantitative estimate of drug-likeness (QED) is 0.736. The lowest BCUT2D eigenvalue weighted by Gasteiger charge is -2.15. The Labute approximate surface area is 80.4 Å². The summed E-state index contributed by atoms with van der Waals surface area (Å²) in [4.78, 5) is 15.6. The Morgan fingerprint density at radius 1 is 1.64 bits per heavy atom. The number of alkyl halides is 2. The van der Waals surface area contributed by atoms with E-state index in [4.69, 9.17) is 0 Å². The summed E-state index contributed by atoms with van der Waals surface area (Å²) in [7, 11) is 1.33. The molecule has 0 atom stereocenters. The molecule has 76 valence electrons. The maximum Gasteiger partial charge on any atom is 0.315 e. The number of aromatic nitrogens is 1. The van der Waals surface area contributed by atoms with E-state index in [0.717, 1.165) is 10.5 Å². The summed E-state index contributed by atoms with van der Waals surface area (Å²) in [6, 6.07) is 3.41. The predicted molar refractivity (Wildman–Crippen MR) is 46.7 cm³/mol. The van der Waals surface area contributed by atoms with Crippen molar-refractivity contribution in [2.75, 3.05) is 7.05 Å².